The van der Waals surface area contributed by atoms with E-state index in [4.69, 9.17) is 4.74 Å². The summed E-state index contributed by atoms with van der Waals surface area (Å²) in [5, 5.41) is 12.4. The fourth-order valence-electron chi connectivity index (χ4n) is 2.10. The molecule has 0 unspecified atom stereocenters. The molecule has 1 aliphatic carbocycles. The van der Waals surface area contributed by atoms with Gasteiger partial charge in [0.25, 0.3) is 0 Å². The number of aromatic nitrogens is 2. The van der Waals surface area contributed by atoms with Gasteiger partial charge in [0.1, 0.15) is 17.1 Å². The van der Waals surface area contributed by atoms with Gasteiger partial charge in [-0.3, -0.25) is 0 Å². The topological polar surface area (TPSA) is 84.3 Å². The van der Waals surface area contributed by atoms with Gasteiger partial charge in [0.05, 0.1) is 6.61 Å². The van der Waals surface area contributed by atoms with Gasteiger partial charge < -0.3 is 15.2 Å². The fraction of sp³-hybridized carbons (Fsp3) is 0.312. The van der Waals surface area contributed by atoms with Crippen molar-refractivity contribution in [3.8, 4) is 17.1 Å². The first kappa shape index (κ1) is 14.3. The van der Waals surface area contributed by atoms with Gasteiger partial charge in [0.15, 0.2) is 5.82 Å². The number of carbonyl (C=O) groups is 1. The SMILES string of the molecule is CCOc1cccc(-c2ncc(C(=O)O)c(NC3CC3)n2)c1. The van der Waals surface area contributed by atoms with Crippen LogP contribution in [0.3, 0.4) is 0 Å². The summed E-state index contributed by atoms with van der Waals surface area (Å²) < 4.78 is 5.47. The summed E-state index contributed by atoms with van der Waals surface area (Å²) in [5.41, 5.74) is 0.887. The molecule has 0 spiro atoms. The Morgan fingerprint density at radius 1 is 1.45 bits per heavy atom. The van der Waals surface area contributed by atoms with Gasteiger partial charge in [-0.25, -0.2) is 14.8 Å². The molecule has 114 valence electrons. The highest BCUT2D eigenvalue weighted by molar-refractivity contribution is 5.93. The zero-order chi connectivity index (χ0) is 15.5. The molecule has 1 aliphatic rings. The molecule has 1 heterocycles. The third kappa shape index (κ3) is 3.16. The lowest BCUT2D eigenvalue weighted by molar-refractivity contribution is 0.0697. The summed E-state index contributed by atoms with van der Waals surface area (Å²) >= 11 is 0. The van der Waals surface area contributed by atoms with Crippen molar-refractivity contribution in [3.05, 3.63) is 36.0 Å². The molecule has 0 amide bonds. The number of benzene rings is 1. The van der Waals surface area contributed by atoms with E-state index in [1.54, 1.807) is 0 Å². The average Bonchev–Trinajstić information content (AvgIpc) is 3.31. The first-order chi connectivity index (χ1) is 10.7. The summed E-state index contributed by atoms with van der Waals surface area (Å²) in [5.74, 6) is 0.567. The minimum Gasteiger partial charge on any atom is -0.494 e. The van der Waals surface area contributed by atoms with E-state index >= 15 is 0 Å². The van der Waals surface area contributed by atoms with Crippen LogP contribution in [0.15, 0.2) is 30.5 Å². The predicted molar refractivity (Wildman–Crippen MR) is 82.2 cm³/mol. The van der Waals surface area contributed by atoms with E-state index in [0.717, 1.165) is 24.2 Å². The second-order valence-electron chi connectivity index (χ2n) is 5.14. The summed E-state index contributed by atoms with van der Waals surface area (Å²) in [6, 6.07) is 7.76. The molecule has 0 aliphatic heterocycles. The molecule has 0 atom stereocenters. The molecule has 22 heavy (non-hydrogen) atoms. The molecule has 1 saturated carbocycles. The van der Waals surface area contributed by atoms with Crippen LogP contribution in [0.1, 0.15) is 30.1 Å². The molecule has 2 N–H and O–H groups in total. The number of nitrogens with zero attached hydrogens (tertiary/aromatic N) is 2. The van der Waals surface area contributed by atoms with Crippen molar-refractivity contribution in [1.29, 1.82) is 0 Å². The molecule has 1 aromatic heterocycles. The lowest BCUT2D eigenvalue weighted by Crippen LogP contribution is -2.11. The van der Waals surface area contributed by atoms with Crippen LogP contribution < -0.4 is 10.1 Å². The van der Waals surface area contributed by atoms with Crippen LogP contribution in [0.5, 0.6) is 5.75 Å². The van der Waals surface area contributed by atoms with Crippen molar-refractivity contribution in [2.45, 2.75) is 25.8 Å². The summed E-state index contributed by atoms with van der Waals surface area (Å²) in [7, 11) is 0. The van der Waals surface area contributed by atoms with E-state index in [0.29, 0.717) is 24.3 Å². The quantitative estimate of drug-likeness (QED) is 0.853. The average molecular weight is 299 g/mol. The second kappa shape index (κ2) is 6.01. The molecular formula is C16H17N3O3. The van der Waals surface area contributed by atoms with Gasteiger partial charge in [-0.1, -0.05) is 12.1 Å². The Morgan fingerprint density at radius 2 is 2.27 bits per heavy atom. The number of carboxylic acids is 1. The molecule has 0 bridgehead atoms. The number of carboxylic acid groups (broad SMARTS) is 1. The highest BCUT2D eigenvalue weighted by Gasteiger charge is 2.24. The van der Waals surface area contributed by atoms with Crippen LogP contribution in [0.2, 0.25) is 0 Å². The minimum absolute atomic E-state index is 0.0941. The van der Waals surface area contributed by atoms with E-state index in [1.807, 2.05) is 31.2 Å². The largest absolute Gasteiger partial charge is 0.494 e. The molecule has 1 fully saturated rings. The van der Waals surface area contributed by atoms with Crippen molar-refractivity contribution >= 4 is 11.8 Å². The molecule has 3 rings (SSSR count). The van der Waals surface area contributed by atoms with E-state index in [2.05, 4.69) is 15.3 Å². The maximum atomic E-state index is 11.3. The van der Waals surface area contributed by atoms with Crippen molar-refractivity contribution in [3.63, 3.8) is 0 Å². The Labute approximate surface area is 128 Å². The Hall–Kier alpha value is -2.63. The molecule has 6 heteroatoms. The monoisotopic (exact) mass is 299 g/mol. The van der Waals surface area contributed by atoms with Crippen LogP contribution in [0.25, 0.3) is 11.4 Å². The van der Waals surface area contributed by atoms with Gasteiger partial charge in [-0.05, 0) is 31.9 Å². The Kier molecular flexibility index (Phi) is 3.91. The van der Waals surface area contributed by atoms with E-state index < -0.39 is 5.97 Å². The predicted octanol–water partition coefficient (Wildman–Crippen LogP) is 2.81. The Bertz CT molecular complexity index is 699. The Morgan fingerprint density at radius 3 is 2.95 bits per heavy atom. The first-order valence-corrected chi connectivity index (χ1v) is 7.27. The molecule has 6 nitrogen and oxygen atoms in total. The second-order valence-corrected chi connectivity index (χ2v) is 5.14. The number of hydrogen-bond donors (Lipinski definition) is 2. The Balaban J connectivity index is 1.96. The van der Waals surface area contributed by atoms with Crippen LogP contribution in [0, 0.1) is 0 Å². The highest BCUT2D eigenvalue weighted by Crippen LogP contribution is 2.28. The number of ether oxygens (including phenoxy) is 1. The smallest absolute Gasteiger partial charge is 0.341 e. The summed E-state index contributed by atoms with van der Waals surface area (Å²) in [6.45, 7) is 2.50. The molecule has 0 saturated heterocycles. The van der Waals surface area contributed by atoms with E-state index in [-0.39, 0.29) is 5.56 Å². The third-order valence-corrected chi connectivity index (χ3v) is 3.34. The minimum atomic E-state index is -1.03. The number of rotatable bonds is 6. The van der Waals surface area contributed by atoms with E-state index in [1.165, 1.54) is 6.20 Å². The zero-order valence-electron chi connectivity index (χ0n) is 12.2. The highest BCUT2D eigenvalue weighted by atomic mass is 16.5. The van der Waals surface area contributed by atoms with Crippen molar-refractivity contribution < 1.29 is 14.6 Å². The number of aromatic carboxylic acids is 1. The van der Waals surface area contributed by atoms with E-state index in [9.17, 15) is 9.90 Å². The summed E-state index contributed by atoms with van der Waals surface area (Å²) in [6.07, 6.45) is 3.43. The lowest BCUT2D eigenvalue weighted by Gasteiger charge is -2.10. The van der Waals surface area contributed by atoms with Gasteiger partial charge >= 0.3 is 5.97 Å². The molecule has 2 aromatic rings. The molecule has 1 aromatic carbocycles. The molecule has 0 radical (unpaired) electrons. The van der Waals surface area contributed by atoms with Crippen LogP contribution in [0.4, 0.5) is 5.82 Å². The van der Waals surface area contributed by atoms with Gasteiger partial charge in [-0.15, -0.1) is 0 Å². The number of anilines is 1. The fourth-order valence-corrected chi connectivity index (χ4v) is 2.10. The van der Waals surface area contributed by atoms with Crippen molar-refractivity contribution in [2.24, 2.45) is 0 Å². The van der Waals surface area contributed by atoms with Crippen LogP contribution >= 0.6 is 0 Å². The van der Waals surface area contributed by atoms with Gasteiger partial charge in [0, 0.05) is 17.8 Å². The van der Waals surface area contributed by atoms with Crippen LogP contribution in [-0.2, 0) is 0 Å². The maximum Gasteiger partial charge on any atom is 0.341 e. The maximum absolute atomic E-state index is 11.3. The van der Waals surface area contributed by atoms with Gasteiger partial charge in [0.2, 0.25) is 0 Å². The third-order valence-electron chi connectivity index (χ3n) is 3.34. The number of hydrogen-bond acceptors (Lipinski definition) is 5. The molecular weight excluding hydrogens is 282 g/mol. The van der Waals surface area contributed by atoms with Crippen LogP contribution in [-0.4, -0.2) is 33.7 Å². The van der Waals surface area contributed by atoms with Crippen molar-refractivity contribution in [1.82, 2.24) is 9.97 Å². The normalized spacial score (nSPS) is 13.7. The van der Waals surface area contributed by atoms with Crippen molar-refractivity contribution in [2.75, 3.05) is 11.9 Å². The van der Waals surface area contributed by atoms with Gasteiger partial charge in [-0.2, -0.15) is 0 Å². The lowest BCUT2D eigenvalue weighted by atomic mass is 10.2. The standard InChI is InChI=1S/C16H17N3O3/c1-2-22-12-5-3-4-10(8-12)14-17-9-13(16(20)21)15(19-14)18-11-6-7-11/h3-5,8-9,11H,2,6-7H2,1H3,(H,20,21)(H,17,18,19). The first-order valence-electron chi connectivity index (χ1n) is 7.27. The zero-order valence-corrected chi connectivity index (χ0v) is 12.2. The summed E-state index contributed by atoms with van der Waals surface area (Å²) in [4.78, 5) is 19.8. The number of nitrogens with one attached hydrogen (secondary N) is 1.